The lowest BCUT2D eigenvalue weighted by Crippen LogP contribution is -2.50. The Morgan fingerprint density at radius 3 is 2.26 bits per heavy atom. The molecule has 0 spiro atoms. The van der Waals surface area contributed by atoms with Gasteiger partial charge >= 0.3 is 6.09 Å². The molecule has 14 nitrogen and oxygen atoms in total. The molecule has 54 heavy (non-hydrogen) atoms. The van der Waals surface area contributed by atoms with Gasteiger partial charge in [-0.05, 0) is 67.0 Å². The van der Waals surface area contributed by atoms with E-state index in [1.807, 2.05) is 82.3 Å². The van der Waals surface area contributed by atoms with Gasteiger partial charge in [-0.3, -0.25) is 24.5 Å². The van der Waals surface area contributed by atoms with E-state index in [0.717, 1.165) is 59.9 Å². The highest BCUT2D eigenvalue weighted by Gasteiger charge is 2.34. The summed E-state index contributed by atoms with van der Waals surface area (Å²) in [5.41, 5.74) is 3.35. The Balaban J connectivity index is 0.000000304. The van der Waals surface area contributed by atoms with Crippen molar-refractivity contribution in [2.24, 2.45) is 5.92 Å². The molecule has 2 aromatic heterocycles. The van der Waals surface area contributed by atoms with Gasteiger partial charge in [0.25, 0.3) is 0 Å². The number of methoxy groups -OCH3 is 1. The van der Waals surface area contributed by atoms with Gasteiger partial charge in [0.1, 0.15) is 17.9 Å². The van der Waals surface area contributed by atoms with Crippen molar-refractivity contribution in [1.82, 2.24) is 30.1 Å². The van der Waals surface area contributed by atoms with Gasteiger partial charge in [0.2, 0.25) is 30.1 Å². The van der Waals surface area contributed by atoms with Crippen molar-refractivity contribution in [3.63, 3.8) is 0 Å². The summed E-state index contributed by atoms with van der Waals surface area (Å²) in [6.45, 7) is 9.98. The number of aromatic nitrogens is 3. The second kappa shape index (κ2) is 20.4. The van der Waals surface area contributed by atoms with E-state index in [0.29, 0.717) is 25.2 Å². The molecule has 0 saturated carbocycles. The molecule has 14 heteroatoms. The quantitative estimate of drug-likeness (QED) is 0.179. The highest BCUT2D eigenvalue weighted by Crippen LogP contribution is 2.25. The number of benzene rings is 2. The van der Waals surface area contributed by atoms with Gasteiger partial charge in [-0.1, -0.05) is 64.1 Å². The molecule has 2 aliphatic heterocycles. The molecule has 0 bridgehead atoms. The Labute approximate surface area is 316 Å². The van der Waals surface area contributed by atoms with Crippen LogP contribution in [0.25, 0.3) is 22.0 Å². The standard InChI is InChI=1S/C27H24N6O3.C11H20N2O3.C2H6/c34-17-30-24-11-9-20-14-19(8-10-22(20)31-24)21-15-28-27(29-16-21)32-26(36)23-7-4-12-33(23)25(35)13-18-5-2-1-3-6-18;1-8(2)9(12-11(15)16-3)10(14)13-6-4-5-7-13;1-2/h1-3,5-6,8-11,14-17,23H,4,7,12-13H2,(H,30,31,34)(H,28,29,32,36);8-9H,4-7H2,1-3H3,(H,12,15);1-2H3/t23-;;/m0../s1. The number of carbonyl (C=O) groups excluding carboxylic acids is 5. The van der Waals surface area contributed by atoms with Gasteiger partial charge in [0.15, 0.2) is 0 Å². The van der Waals surface area contributed by atoms with Crippen molar-refractivity contribution in [2.45, 2.75) is 71.9 Å². The third-order valence-electron chi connectivity index (χ3n) is 9.00. The largest absolute Gasteiger partial charge is 0.453 e. The number of nitrogens with zero attached hydrogens (tertiary/aromatic N) is 5. The van der Waals surface area contributed by atoms with E-state index in [1.54, 1.807) is 28.3 Å². The Bertz CT molecular complexity index is 1870. The fourth-order valence-electron chi connectivity index (χ4n) is 6.22. The number of hydrogen-bond acceptors (Lipinski definition) is 9. The number of ether oxygens (including phenoxy) is 1. The van der Waals surface area contributed by atoms with Crippen LogP contribution in [0.15, 0.2) is 73.1 Å². The maximum atomic E-state index is 12.9. The average Bonchev–Trinajstić information content (AvgIpc) is 3.92. The highest BCUT2D eigenvalue weighted by molar-refractivity contribution is 5.97. The number of carbonyl (C=O) groups is 5. The third-order valence-corrected chi connectivity index (χ3v) is 9.00. The smallest absolute Gasteiger partial charge is 0.407 e. The molecule has 4 aromatic rings. The van der Waals surface area contributed by atoms with Gasteiger partial charge in [-0.2, -0.15) is 0 Å². The summed E-state index contributed by atoms with van der Waals surface area (Å²) < 4.78 is 4.52. The molecule has 6 rings (SSSR count). The van der Waals surface area contributed by atoms with Crippen LogP contribution in [0.3, 0.4) is 0 Å². The van der Waals surface area contributed by atoms with Gasteiger partial charge in [0.05, 0.1) is 19.0 Å². The molecule has 0 radical (unpaired) electrons. The Morgan fingerprint density at radius 2 is 1.61 bits per heavy atom. The fourth-order valence-corrected chi connectivity index (χ4v) is 6.22. The van der Waals surface area contributed by atoms with E-state index in [1.165, 1.54) is 7.11 Å². The minimum absolute atomic E-state index is 0.00194. The number of fused-ring (bicyclic) bond motifs is 1. The van der Waals surface area contributed by atoms with Crippen molar-refractivity contribution < 1.29 is 28.7 Å². The Kier molecular flexibility index (Phi) is 15.4. The monoisotopic (exact) mass is 738 g/mol. The summed E-state index contributed by atoms with van der Waals surface area (Å²) in [5.74, 6) is 0.396. The zero-order valence-electron chi connectivity index (χ0n) is 31.6. The molecule has 1 unspecified atom stereocenters. The summed E-state index contributed by atoms with van der Waals surface area (Å²) in [5, 5.41) is 8.79. The first-order chi connectivity index (χ1) is 26.2. The van der Waals surface area contributed by atoms with Crippen molar-refractivity contribution in [2.75, 3.05) is 37.4 Å². The number of likely N-dealkylation sites (tertiary alicyclic amines) is 2. The van der Waals surface area contributed by atoms with E-state index >= 15 is 0 Å². The highest BCUT2D eigenvalue weighted by atomic mass is 16.5. The zero-order chi connectivity index (χ0) is 39.0. The maximum absolute atomic E-state index is 12.9. The normalized spacial score (nSPS) is 15.3. The zero-order valence-corrected chi connectivity index (χ0v) is 31.6. The third kappa shape index (κ3) is 11.0. The maximum Gasteiger partial charge on any atom is 0.407 e. The van der Waals surface area contributed by atoms with E-state index in [2.05, 4.69) is 35.6 Å². The summed E-state index contributed by atoms with van der Waals surface area (Å²) in [6, 6.07) is 17.8. The molecule has 2 atom stereocenters. The van der Waals surface area contributed by atoms with Crippen molar-refractivity contribution in [3.05, 3.63) is 78.6 Å². The fraction of sp³-hybridized carbons (Fsp3) is 0.400. The number of amides is 5. The topological polar surface area (TPSA) is 176 Å². The van der Waals surface area contributed by atoms with Crippen LogP contribution in [0.2, 0.25) is 0 Å². The van der Waals surface area contributed by atoms with Gasteiger partial charge < -0.3 is 25.2 Å². The van der Waals surface area contributed by atoms with Crippen LogP contribution in [0.1, 0.15) is 58.9 Å². The molecule has 286 valence electrons. The van der Waals surface area contributed by atoms with E-state index in [-0.39, 0.29) is 36.0 Å². The SMILES string of the molecule is CC.COC(=O)NC(C(=O)N1CCCC1)C(C)C.O=CNc1ccc2cc(-c3cnc(NC(=O)[C@@H]4CCCN4C(=O)Cc4ccccc4)nc3)ccc2n1. The predicted octanol–water partition coefficient (Wildman–Crippen LogP) is 5.45. The Morgan fingerprint density at radius 1 is 0.907 bits per heavy atom. The van der Waals surface area contributed by atoms with E-state index < -0.39 is 18.2 Å². The van der Waals surface area contributed by atoms with Crippen molar-refractivity contribution in [3.8, 4) is 11.1 Å². The molecule has 5 amide bonds. The number of anilines is 2. The van der Waals surface area contributed by atoms with Crippen LogP contribution in [0, 0.1) is 5.92 Å². The van der Waals surface area contributed by atoms with Crippen LogP contribution in [0.5, 0.6) is 0 Å². The van der Waals surface area contributed by atoms with Crippen LogP contribution >= 0.6 is 0 Å². The Hall–Kier alpha value is -5.92. The summed E-state index contributed by atoms with van der Waals surface area (Å²) >= 11 is 0. The molecule has 4 heterocycles. The first-order valence-corrected chi connectivity index (χ1v) is 18.4. The average molecular weight is 739 g/mol. The molecule has 3 N–H and O–H groups in total. The molecule has 2 fully saturated rings. The van der Waals surface area contributed by atoms with Gasteiger partial charge in [0, 0.05) is 43.0 Å². The molecule has 0 aliphatic carbocycles. The molecular weight excluding hydrogens is 688 g/mol. The molecule has 2 aromatic carbocycles. The molecule has 2 aliphatic rings. The van der Waals surface area contributed by atoms with E-state index in [9.17, 15) is 24.0 Å². The molecular formula is C40H50N8O6. The van der Waals surface area contributed by atoms with Crippen LogP contribution in [0.4, 0.5) is 16.6 Å². The van der Waals surface area contributed by atoms with Gasteiger partial charge in [-0.15, -0.1) is 0 Å². The van der Waals surface area contributed by atoms with Gasteiger partial charge in [-0.25, -0.2) is 19.7 Å². The van der Waals surface area contributed by atoms with Crippen molar-refractivity contribution in [1.29, 1.82) is 0 Å². The van der Waals surface area contributed by atoms with E-state index in [4.69, 9.17) is 0 Å². The van der Waals surface area contributed by atoms with Crippen molar-refractivity contribution >= 4 is 52.9 Å². The lowest BCUT2D eigenvalue weighted by Gasteiger charge is -2.26. The number of alkyl carbamates (subject to hydrolysis) is 1. The predicted molar refractivity (Wildman–Crippen MR) is 207 cm³/mol. The van der Waals surface area contributed by atoms with Crippen LogP contribution < -0.4 is 16.0 Å². The summed E-state index contributed by atoms with van der Waals surface area (Å²) in [6.07, 6.45) is 7.09. The van der Waals surface area contributed by atoms with Crippen LogP contribution in [-0.2, 0) is 30.3 Å². The number of rotatable bonds is 10. The number of pyridine rings is 1. The minimum Gasteiger partial charge on any atom is -0.453 e. The first-order valence-electron chi connectivity index (χ1n) is 18.4. The second-order valence-corrected chi connectivity index (χ2v) is 12.9. The number of hydrogen-bond donors (Lipinski definition) is 3. The summed E-state index contributed by atoms with van der Waals surface area (Å²) in [4.78, 5) is 76.1. The lowest BCUT2D eigenvalue weighted by atomic mass is 10.0. The number of nitrogens with one attached hydrogen (secondary N) is 3. The minimum atomic E-state index is -0.550. The van der Waals surface area contributed by atoms with Crippen LogP contribution in [-0.4, -0.2) is 93.8 Å². The first kappa shape index (κ1) is 40.8. The second-order valence-electron chi connectivity index (χ2n) is 12.9. The summed E-state index contributed by atoms with van der Waals surface area (Å²) in [7, 11) is 1.30. The lowest BCUT2D eigenvalue weighted by molar-refractivity contribution is -0.136. The molecule has 2 saturated heterocycles.